The van der Waals surface area contributed by atoms with E-state index in [1.807, 2.05) is 36.4 Å². The number of amides is 3. The molecule has 1 aliphatic rings. The molecule has 0 bridgehead atoms. The highest BCUT2D eigenvalue weighted by atomic mass is 79.9. The smallest absolute Gasteiger partial charge is 0.251 e. The highest BCUT2D eigenvalue weighted by Gasteiger charge is 2.24. The molecule has 1 saturated heterocycles. The van der Waals surface area contributed by atoms with Gasteiger partial charge in [-0.1, -0.05) is 52.3 Å². The first-order valence-electron chi connectivity index (χ1n) is 10.2. The zero-order chi connectivity index (χ0) is 21.3. The predicted molar refractivity (Wildman–Crippen MR) is 119 cm³/mol. The predicted octanol–water partition coefficient (Wildman–Crippen LogP) is 2.92. The molecule has 1 fully saturated rings. The van der Waals surface area contributed by atoms with Crippen LogP contribution in [-0.2, 0) is 16.0 Å². The number of halogens is 1. The number of benzene rings is 2. The molecule has 1 aliphatic heterocycles. The summed E-state index contributed by atoms with van der Waals surface area (Å²) >= 11 is 3.33. The van der Waals surface area contributed by atoms with E-state index >= 15 is 0 Å². The van der Waals surface area contributed by atoms with Crippen molar-refractivity contribution in [3.8, 4) is 0 Å². The van der Waals surface area contributed by atoms with Crippen LogP contribution in [0.25, 0.3) is 0 Å². The lowest BCUT2D eigenvalue weighted by atomic mass is 10.0. The topological polar surface area (TPSA) is 78.5 Å². The van der Waals surface area contributed by atoms with Crippen LogP contribution < -0.4 is 10.6 Å². The number of nitrogens with one attached hydrogen (secondary N) is 2. The molecule has 6 nitrogen and oxygen atoms in total. The third kappa shape index (κ3) is 6.69. The maximum absolute atomic E-state index is 12.4. The standard InChI is InChI=1S/C23H26BrN3O3/c24-19-8-4-7-18(15-19)23(30)25-16-22(29)27-13-11-20(12-14-27)26-21(28)10-9-17-5-2-1-3-6-17/h1-8,15,20H,9-14,16H2,(H,25,30)(H,26,28). The first-order chi connectivity index (χ1) is 14.5. The van der Waals surface area contributed by atoms with Crippen LogP contribution in [0.2, 0.25) is 0 Å². The maximum atomic E-state index is 12.4. The minimum Gasteiger partial charge on any atom is -0.353 e. The van der Waals surface area contributed by atoms with E-state index in [4.69, 9.17) is 0 Å². The fraction of sp³-hybridized carbons (Fsp3) is 0.348. The Kier molecular flexibility index (Phi) is 8.02. The largest absolute Gasteiger partial charge is 0.353 e. The molecule has 0 radical (unpaired) electrons. The van der Waals surface area contributed by atoms with E-state index in [0.717, 1.165) is 29.3 Å². The lowest BCUT2D eigenvalue weighted by Crippen LogP contribution is -2.49. The average Bonchev–Trinajstić information content (AvgIpc) is 2.77. The van der Waals surface area contributed by atoms with Crippen molar-refractivity contribution in [1.82, 2.24) is 15.5 Å². The average molecular weight is 472 g/mol. The van der Waals surface area contributed by atoms with Crippen LogP contribution in [-0.4, -0.2) is 48.3 Å². The Morgan fingerprint density at radius 3 is 2.43 bits per heavy atom. The van der Waals surface area contributed by atoms with Crippen LogP contribution in [0.1, 0.15) is 35.2 Å². The van der Waals surface area contributed by atoms with Crippen molar-refractivity contribution in [2.45, 2.75) is 31.7 Å². The minimum absolute atomic E-state index is 0.0283. The second kappa shape index (κ2) is 10.9. The van der Waals surface area contributed by atoms with Gasteiger partial charge in [-0.2, -0.15) is 0 Å². The zero-order valence-electron chi connectivity index (χ0n) is 16.8. The molecule has 158 valence electrons. The highest BCUT2D eigenvalue weighted by Crippen LogP contribution is 2.13. The molecule has 0 aromatic heterocycles. The van der Waals surface area contributed by atoms with Gasteiger partial charge in [0.05, 0.1) is 6.54 Å². The summed E-state index contributed by atoms with van der Waals surface area (Å²) in [6, 6.07) is 17.1. The molecule has 2 aromatic carbocycles. The van der Waals surface area contributed by atoms with Crippen molar-refractivity contribution in [3.05, 3.63) is 70.2 Å². The summed E-state index contributed by atoms with van der Waals surface area (Å²) in [6.45, 7) is 1.13. The number of carbonyl (C=O) groups is 3. The van der Waals surface area contributed by atoms with E-state index in [2.05, 4.69) is 26.6 Å². The molecular weight excluding hydrogens is 446 g/mol. The van der Waals surface area contributed by atoms with Gasteiger partial charge in [0.1, 0.15) is 0 Å². The molecule has 0 spiro atoms. The van der Waals surface area contributed by atoms with Crippen LogP contribution in [0.3, 0.4) is 0 Å². The number of hydrogen-bond acceptors (Lipinski definition) is 3. The Balaban J connectivity index is 1.35. The minimum atomic E-state index is -0.273. The van der Waals surface area contributed by atoms with E-state index in [1.54, 1.807) is 23.1 Å². The second-order valence-corrected chi connectivity index (χ2v) is 8.32. The van der Waals surface area contributed by atoms with E-state index in [-0.39, 0.29) is 30.3 Å². The Hall–Kier alpha value is -2.67. The first kappa shape index (κ1) is 22.0. The Labute approximate surface area is 185 Å². The molecule has 0 saturated carbocycles. The van der Waals surface area contributed by atoms with Gasteiger partial charge in [0, 0.05) is 35.6 Å². The number of likely N-dealkylation sites (tertiary alicyclic amines) is 1. The van der Waals surface area contributed by atoms with Crippen molar-refractivity contribution in [2.24, 2.45) is 0 Å². The third-order valence-electron chi connectivity index (χ3n) is 5.18. The van der Waals surface area contributed by atoms with Gasteiger partial charge in [-0.25, -0.2) is 0 Å². The maximum Gasteiger partial charge on any atom is 0.251 e. The van der Waals surface area contributed by atoms with E-state index < -0.39 is 0 Å². The fourth-order valence-electron chi connectivity index (χ4n) is 3.48. The Morgan fingerprint density at radius 2 is 1.73 bits per heavy atom. The monoisotopic (exact) mass is 471 g/mol. The molecule has 0 atom stereocenters. The summed E-state index contributed by atoms with van der Waals surface area (Å²) < 4.78 is 0.814. The van der Waals surface area contributed by atoms with Gasteiger partial charge in [-0.15, -0.1) is 0 Å². The quantitative estimate of drug-likeness (QED) is 0.651. The summed E-state index contributed by atoms with van der Waals surface area (Å²) in [6.07, 6.45) is 2.64. The number of hydrogen-bond donors (Lipinski definition) is 2. The molecule has 1 heterocycles. The zero-order valence-corrected chi connectivity index (χ0v) is 18.4. The molecule has 0 aliphatic carbocycles. The second-order valence-electron chi connectivity index (χ2n) is 7.40. The van der Waals surface area contributed by atoms with Crippen molar-refractivity contribution < 1.29 is 14.4 Å². The summed E-state index contributed by atoms with van der Waals surface area (Å²) in [5.74, 6) is -0.331. The van der Waals surface area contributed by atoms with E-state index in [1.165, 1.54) is 0 Å². The molecule has 30 heavy (non-hydrogen) atoms. The van der Waals surface area contributed by atoms with Gasteiger partial charge >= 0.3 is 0 Å². The van der Waals surface area contributed by atoms with Crippen molar-refractivity contribution >= 4 is 33.7 Å². The molecule has 0 unspecified atom stereocenters. The summed E-state index contributed by atoms with van der Waals surface area (Å²) in [5.41, 5.74) is 1.66. The fourth-order valence-corrected chi connectivity index (χ4v) is 3.87. The number of carbonyl (C=O) groups excluding carboxylic acids is 3. The van der Waals surface area contributed by atoms with Gasteiger partial charge in [-0.3, -0.25) is 14.4 Å². The number of aryl methyl sites for hydroxylation is 1. The van der Waals surface area contributed by atoms with Gasteiger partial charge in [-0.05, 0) is 43.0 Å². The SMILES string of the molecule is O=C(CCc1ccccc1)NC1CCN(C(=O)CNC(=O)c2cccc(Br)c2)CC1. The normalized spacial score (nSPS) is 14.2. The van der Waals surface area contributed by atoms with E-state index in [9.17, 15) is 14.4 Å². The summed E-state index contributed by atoms with van der Waals surface area (Å²) in [4.78, 5) is 38.5. The molecular formula is C23H26BrN3O3. The van der Waals surface area contributed by atoms with Gasteiger partial charge in [0.15, 0.2) is 0 Å². The van der Waals surface area contributed by atoms with Crippen molar-refractivity contribution in [3.63, 3.8) is 0 Å². The first-order valence-corrected chi connectivity index (χ1v) is 11.0. The number of rotatable bonds is 7. The van der Waals surface area contributed by atoms with Crippen LogP contribution in [0.4, 0.5) is 0 Å². The lowest BCUT2D eigenvalue weighted by Gasteiger charge is -2.32. The Morgan fingerprint density at radius 1 is 1.00 bits per heavy atom. The molecule has 3 rings (SSSR count). The van der Waals surface area contributed by atoms with Crippen LogP contribution in [0.5, 0.6) is 0 Å². The Bertz CT molecular complexity index is 880. The highest BCUT2D eigenvalue weighted by molar-refractivity contribution is 9.10. The van der Waals surface area contributed by atoms with Crippen LogP contribution >= 0.6 is 15.9 Å². The number of piperidine rings is 1. The van der Waals surface area contributed by atoms with Gasteiger partial charge in [0.25, 0.3) is 5.91 Å². The van der Waals surface area contributed by atoms with Crippen LogP contribution in [0, 0.1) is 0 Å². The van der Waals surface area contributed by atoms with Gasteiger partial charge in [0.2, 0.25) is 11.8 Å². The van der Waals surface area contributed by atoms with E-state index in [0.29, 0.717) is 25.1 Å². The number of nitrogens with zero attached hydrogens (tertiary/aromatic N) is 1. The lowest BCUT2D eigenvalue weighted by molar-refractivity contribution is -0.131. The molecule has 7 heteroatoms. The molecule has 2 N–H and O–H groups in total. The molecule has 2 aromatic rings. The summed E-state index contributed by atoms with van der Waals surface area (Å²) in [7, 11) is 0. The van der Waals surface area contributed by atoms with Crippen molar-refractivity contribution in [2.75, 3.05) is 19.6 Å². The van der Waals surface area contributed by atoms with Crippen LogP contribution in [0.15, 0.2) is 59.1 Å². The molecule has 3 amide bonds. The summed E-state index contributed by atoms with van der Waals surface area (Å²) in [5, 5.41) is 5.75. The third-order valence-corrected chi connectivity index (χ3v) is 5.68. The van der Waals surface area contributed by atoms with Gasteiger partial charge < -0.3 is 15.5 Å². The van der Waals surface area contributed by atoms with Crippen molar-refractivity contribution in [1.29, 1.82) is 0 Å².